The average Bonchev–Trinajstić information content (AvgIpc) is 2.55. The second kappa shape index (κ2) is 15.4. The van der Waals surface area contributed by atoms with Crippen LogP contribution >= 0.6 is 0 Å². The quantitative estimate of drug-likeness (QED) is 0.364. The van der Waals surface area contributed by atoms with Gasteiger partial charge in [0.1, 0.15) is 0 Å². The fraction of sp³-hybridized carbons (Fsp3) is 0.895. The molecule has 0 aliphatic heterocycles. The average molecular weight is 344 g/mol. The number of unbranched alkanes of at least 4 members (excludes halogenated alkanes) is 5. The van der Waals surface area contributed by atoms with Crippen molar-refractivity contribution in [3.8, 4) is 0 Å². The van der Waals surface area contributed by atoms with E-state index in [2.05, 4.69) is 11.7 Å². The molecule has 1 amide bonds. The Morgan fingerprint density at radius 1 is 0.958 bits per heavy atom. The van der Waals surface area contributed by atoms with Crippen molar-refractivity contribution in [2.45, 2.75) is 90.6 Å². The lowest BCUT2D eigenvalue weighted by molar-refractivity contribution is -0.140. The van der Waals surface area contributed by atoms with Crippen molar-refractivity contribution in [3.63, 3.8) is 0 Å². The number of amides is 1. The molecule has 0 saturated carbocycles. The summed E-state index contributed by atoms with van der Waals surface area (Å²) in [5.41, 5.74) is 0. The predicted octanol–water partition coefficient (Wildman–Crippen LogP) is 3.68. The van der Waals surface area contributed by atoms with Gasteiger partial charge >= 0.3 is 5.97 Å². The van der Waals surface area contributed by atoms with Crippen LogP contribution in [0.1, 0.15) is 84.5 Å². The maximum Gasteiger partial charge on any atom is 0.305 e. The van der Waals surface area contributed by atoms with Crippen molar-refractivity contribution in [2.24, 2.45) is 0 Å². The molecule has 0 aliphatic carbocycles. The number of nitrogens with zero attached hydrogens (tertiary/aromatic N) is 1. The molecule has 0 fully saturated rings. The Labute approximate surface area is 147 Å². The summed E-state index contributed by atoms with van der Waals surface area (Å²) in [6.45, 7) is 5.25. The van der Waals surface area contributed by atoms with Crippen LogP contribution in [0.25, 0.3) is 0 Å². The standard InChI is InChI=1S/C19H37NO4/c1-4-5-8-12-18(22)13-11-16-20(17(2)21)15-10-7-6-9-14-19(23)24-3/h18,22H,4-16H2,1-3H3. The van der Waals surface area contributed by atoms with E-state index >= 15 is 0 Å². The van der Waals surface area contributed by atoms with Crippen molar-refractivity contribution in [3.05, 3.63) is 0 Å². The molecular weight excluding hydrogens is 306 g/mol. The Hall–Kier alpha value is -1.10. The smallest absolute Gasteiger partial charge is 0.305 e. The van der Waals surface area contributed by atoms with Crippen molar-refractivity contribution in [1.82, 2.24) is 4.90 Å². The molecule has 0 radical (unpaired) electrons. The van der Waals surface area contributed by atoms with Gasteiger partial charge in [0.25, 0.3) is 0 Å². The van der Waals surface area contributed by atoms with Gasteiger partial charge in [0.2, 0.25) is 5.91 Å². The molecule has 0 saturated heterocycles. The summed E-state index contributed by atoms with van der Waals surface area (Å²) >= 11 is 0. The number of carbonyl (C=O) groups excluding carboxylic acids is 2. The number of esters is 1. The Morgan fingerprint density at radius 3 is 2.21 bits per heavy atom. The Kier molecular flexibility index (Phi) is 14.7. The van der Waals surface area contributed by atoms with Gasteiger partial charge < -0.3 is 14.7 Å². The molecule has 0 aromatic carbocycles. The van der Waals surface area contributed by atoms with Crippen LogP contribution in [0.2, 0.25) is 0 Å². The van der Waals surface area contributed by atoms with Gasteiger partial charge in [-0.1, -0.05) is 39.0 Å². The largest absolute Gasteiger partial charge is 0.469 e. The summed E-state index contributed by atoms with van der Waals surface area (Å²) < 4.78 is 4.61. The van der Waals surface area contributed by atoms with E-state index in [9.17, 15) is 14.7 Å². The van der Waals surface area contributed by atoms with Crippen LogP contribution in [0.3, 0.4) is 0 Å². The first-order valence-electron chi connectivity index (χ1n) is 9.51. The van der Waals surface area contributed by atoms with Crippen LogP contribution in [0.4, 0.5) is 0 Å². The molecule has 0 spiro atoms. The van der Waals surface area contributed by atoms with E-state index in [0.717, 1.165) is 64.5 Å². The van der Waals surface area contributed by atoms with Crippen LogP contribution in [0.15, 0.2) is 0 Å². The Bertz CT molecular complexity index is 333. The molecule has 1 atom stereocenters. The van der Waals surface area contributed by atoms with Gasteiger partial charge in [0, 0.05) is 26.4 Å². The van der Waals surface area contributed by atoms with Gasteiger partial charge in [-0.05, 0) is 32.1 Å². The number of rotatable bonds is 15. The zero-order valence-electron chi connectivity index (χ0n) is 15.9. The number of hydrogen-bond donors (Lipinski definition) is 1. The van der Waals surface area contributed by atoms with Crippen molar-refractivity contribution in [2.75, 3.05) is 20.2 Å². The van der Waals surface area contributed by atoms with Gasteiger partial charge in [-0.15, -0.1) is 0 Å². The summed E-state index contributed by atoms with van der Waals surface area (Å²) in [5.74, 6) is -0.0529. The molecule has 0 heterocycles. The van der Waals surface area contributed by atoms with Crippen molar-refractivity contribution < 1.29 is 19.4 Å². The molecule has 0 bridgehead atoms. The molecule has 1 N–H and O–H groups in total. The molecule has 5 nitrogen and oxygen atoms in total. The van der Waals surface area contributed by atoms with Crippen LogP contribution in [-0.4, -0.2) is 48.2 Å². The second-order valence-electron chi connectivity index (χ2n) is 6.54. The first-order valence-corrected chi connectivity index (χ1v) is 9.51. The van der Waals surface area contributed by atoms with E-state index < -0.39 is 0 Å². The minimum Gasteiger partial charge on any atom is -0.469 e. The van der Waals surface area contributed by atoms with E-state index in [-0.39, 0.29) is 18.0 Å². The Balaban J connectivity index is 3.74. The third kappa shape index (κ3) is 13.3. The first kappa shape index (κ1) is 22.9. The molecular formula is C19H37NO4. The maximum atomic E-state index is 11.7. The predicted molar refractivity (Wildman–Crippen MR) is 96.7 cm³/mol. The van der Waals surface area contributed by atoms with Gasteiger partial charge in [-0.25, -0.2) is 0 Å². The molecule has 0 aliphatic rings. The third-order valence-electron chi connectivity index (χ3n) is 4.34. The van der Waals surface area contributed by atoms with Gasteiger partial charge in [-0.3, -0.25) is 9.59 Å². The van der Waals surface area contributed by atoms with E-state index in [4.69, 9.17) is 0 Å². The molecule has 0 aromatic rings. The molecule has 24 heavy (non-hydrogen) atoms. The summed E-state index contributed by atoms with van der Waals surface area (Å²) in [7, 11) is 1.41. The summed E-state index contributed by atoms with van der Waals surface area (Å²) in [4.78, 5) is 24.6. The lowest BCUT2D eigenvalue weighted by Crippen LogP contribution is -2.31. The minimum absolute atomic E-state index is 0.102. The highest BCUT2D eigenvalue weighted by Crippen LogP contribution is 2.10. The fourth-order valence-electron chi connectivity index (χ4n) is 2.75. The zero-order chi connectivity index (χ0) is 18.2. The second-order valence-corrected chi connectivity index (χ2v) is 6.54. The number of methoxy groups -OCH3 is 1. The molecule has 0 aromatic heterocycles. The minimum atomic E-state index is -0.233. The number of ether oxygens (including phenoxy) is 1. The van der Waals surface area contributed by atoms with Crippen LogP contribution in [0.5, 0.6) is 0 Å². The van der Waals surface area contributed by atoms with Gasteiger partial charge in [0.05, 0.1) is 13.2 Å². The molecule has 0 rings (SSSR count). The lowest BCUT2D eigenvalue weighted by atomic mass is 10.1. The highest BCUT2D eigenvalue weighted by atomic mass is 16.5. The van der Waals surface area contributed by atoms with Crippen LogP contribution in [-0.2, 0) is 14.3 Å². The van der Waals surface area contributed by atoms with E-state index in [0.29, 0.717) is 6.42 Å². The monoisotopic (exact) mass is 343 g/mol. The van der Waals surface area contributed by atoms with Gasteiger partial charge in [0.15, 0.2) is 0 Å². The van der Waals surface area contributed by atoms with E-state index in [1.54, 1.807) is 6.92 Å². The van der Waals surface area contributed by atoms with Gasteiger partial charge in [-0.2, -0.15) is 0 Å². The van der Waals surface area contributed by atoms with Crippen LogP contribution in [0, 0.1) is 0 Å². The van der Waals surface area contributed by atoms with Crippen molar-refractivity contribution >= 4 is 11.9 Å². The first-order chi connectivity index (χ1) is 11.5. The molecule has 1 unspecified atom stereocenters. The fourth-order valence-corrected chi connectivity index (χ4v) is 2.75. The number of hydrogen-bond acceptors (Lipinski definition) is 4. The zero-order valence-corrected chi connectivity index (χ0v) is 15.9. The number of aliphatic hydroxyl groups excluding tert-OH is 1. The van der Waals surface area contributed by atoms with E-state index in [1.165, 1.54) is 20.0 Å². The molecule has 142 valence electrons. The maximum absolute atomic E-state index is 11.7. The van der Waals surface area contributed by atoms with E-state index in [1.807, 2.05) is 4.90 Å². The SMILES string of the molecule is CCCCCC(O)CCCN(CCCCCCC(=O)OC)C(C)=O. The van der Waals surface area contributed by atoms with Crippen LogP contribution < -0.4 is 0 Å². The lowest BCUT2D eigenvalue weighted by Gasteiger charge is -2.21. The third-order valence-corrected chi connectivity index (χ3v) is 4.34. The highest BCUT2D eigenvalue weighted by Gasteiger charge is 2.10. The Morgan fingerprint density at radius 2 is 1.58 bits per heavy atom. The number of aliphatic hydroxyl groups is 1. The summed E-state index contributed by atoms with van der Waals surface area (Å²) in [5, 5.41) is 9.92. The summed E-state index contributed by atoms with van der Waals surface area (Å²) in [6, 6.07) is 0. The topological polar surface area (TPSA) is 66.8 Å². The highest BCUT2D eigenvalue weighted by molar-refractivity contribution is 5.73. The van der Waals surface area contributed by atoms with Crippen molar-refractivity contribution in [1.29, 1.82) is 0 Å². The number of carbonyl (C=O) groups is 2. The normalized spacial score (nSPS) is 12.0. The summed E-state index contributed by atoms with van der Waals surface area (Å²) in [6.07, 6.45) is 9.97. The molecule has 5 heteroatoms.